The molecule has 1 saturated carbocycles. The minimum atomic E-state index is -0.948. The molecule has 2 atom stereocenters. The summed E-state index contributed by atoms with van der Waals surface area (Å²) in [5.41, 5.74) is 1.06. The smallest absolute Gasteiger partial charge is 0.315 e. The van der Waals surface area contributed by atoms with Gasteiger partial charge >= 0.3 is 5.97 Å². The van der Waals surface area contributed by atoms with Gasteiger partial charge in [0.25, 0.3) is 5.56 Å². The van der Waals surface area contributed by atoms with Crippen LogP contribution in [0.4, 0.5) is 0 Å². The fourth-order valence-corrected chi connectivity index (χ4v) is 3.90. The van der Waals surface area contributed by atoms with Gasteiger partial charge in [0.2, 0.25) is 0 Å². The Morgan fingerprint density at radius 2 is 2.18 bits per heavy atom. The fraction of sp³-hybridized carbons (Fsp3) is 0.318. The molecule has 4 rings (SSSR count). The molecular weight excluding hydrogens is 356 g/mol. The van der Waals surface area contributed by atoms with Gasteiger partial charge in [-0.1, -0.05) is 37.6 Å². The van der Waals surface area contributed by atoms with Crippen LogP contribution in [0.3, 0.4) is 0 Å². The van der Waals surface area contributed by atoms with Gasteiger partial charge in [-0.05, 0) is 37.1 Å². The van der Waals surface area contributed by atoms with Crippen LogP contribution in [0.15, 0.2) is 35.1 Å². The fourth-order valence-electron chi connectivity index (χ4n) is 3.90. The highest BCUT2D eigenvalue weighted by Gasteiger charge is 2.62. The summed E-state index contributed by atoms with van der Waals surface area (Å²) in [5, 5.41) is 9.53. The van der Waals surface area contributed by atoms with Crippen molar-refractivity contribution in [3.8, 4) is 5.75 Å². The Balaban J connectivity index is 1.80. The zero-order valence-corrected chi connectivity index (χ0v) is 15.9. The van der Waals surface area contributed by atoms with Gasteiger partial charge in [-0.15, -0.1) is 0 Å². The minimum Gasteiger partial charge on any atom is -0.496 e. The molecule has 28 heavy (non-hydrogen) atoms. The number of fused-ring (bicyclic) bond motifs is 3. The molecule has 0 amide bonds. The summed E-state index contributed by atoms with van der Waals surface area (Å²) < 4.78 is 6.94. The van der Waals surface area contributed by atoms with Crippen molar-refractivity contribution < 1.29 is 14.6 Å². The molecule has 2 aromatic rings. The molecule has 144 valence electrons. The average molecular weight is 378 g/mol. The number of carboxylic acids is 1. The molecule has 6 nitrogen and oxygen atoms in total. The summed E-state index contributed by atoms with van der Waals surface area (Å²) >= 11 is 0. The van der Waals surface area contributed by atoms with Crippen molar-refractivity contribution in [1.29, 1.82) is 0 Å². The van der Waals surface area contributed by atoms with E-state index < -0.39 is 11.4 Å². The highest BCUT2D eigenvalue weighted by atomic mass is 16.5. The number of aliphatic carboxylic acids is 1. The van der Waals surface area contributed by atoms with Crippen molar-refractivity contribution in [3.05, 3.63) is 63.3 Å². The Morgan fingerprint density at radius 3 is 2.89 bits per heavy atom. The first kappa shape index (κ1) is 18.2. The quantitative estimate of drug-likeness (QED) is 0.833. The second kappa shape index (κ2) is 6.78. The lowest BCUT2D eigenvalue weighted by Crippen LogP contribution is -2.32. The normalized spacial score (nSPS) is 22.0. The van der Waals surface area contributed by atoms with Gasteiger partial charge in [0, 0.05) is 11.1 Å². The molecule has 0 radical (unpaired) electrons. The van der Waals surface area contributed by atoms with Crippen molar-refractivity contribution in [2.24, 2.45) is 5.41 Å². The van der Waals surface area contributed by atoms with Crippen LogP contribution in [0.1, 0.15) is 48.5 Å². The molecule has 2 heterocycles. The molecule has 6 heteroatoms. The van der Waals surface area contributed by atoms with E-state index in [-0.39, 0.29) is 11.6 Å². The second-order valence-electron chi connectivity index (χ2n) is 7.23. The molecule has 0 spiro atoms. The van der Waals surface area contributed by atoms with Crippen molar-refractivity contribution in [2.45, 2.75) is 32.2 Å². The molecule has 2 aliphatic rings. The highest BCUT2D eigenvalue weighted by Crippen LogP contribution is 2.59. The lowest BCUT2D eigenvalue weighted by molar-refractivity contribution is -0.141. The predicted octanol–water partition coefficient (Wildman–Crippen LogP) is 3.42. The number of nitrogens with zero attached hydrogens (tertiary/aromatic N) is 2. The van der Waals surface area contributed by atoms with Gasteiger partial charge in [0.05, 0.1) is 18.8 Å². The van der Waals surface area contributed by atoms with Crippen LogP contribution in [-0.4, -0.2) is 27.7 Å². The Morgan fingerprint density at radius 1 is 1.39 bits per heavy atom. The Kier molecular flexibility index (Phi) is 4.41. The zero-order valence-electron chi connectivity index (χ0n) is 15.9. The summed E-state index contributed by atoms with van der Waals surface area (Å²) in [6, 6.07) is 7.30. The van der Waals surface area contributed by atoms with Gasteiger partial charge in [-0.3, -0.25) is 14.2 Å². The summed E-state index contributed by atoms with van der Waals surface area (Å²) in [6.07, 6.45) is 8.90. The van der Waals surface area contributed by atoms with E-state index in [9.17, 15) is 14.7 Å². The molecule has 1 aromatic carbocycles. The molecule has 1 aliphatic heterocycles. The van der Waals surface area contributed by atoms with Gasteiger partial charge in [-0.2, -0.15) is 0 Å². The van der Waals surface area contributed by atoms with E-state index in [1.165, 1.54) is 0 Å². The second-order valence-corrected chi connectivity index (χ2v) is 7.23. The van der Waals surface area contributed by atoms with E-state index in [0.717, 1.165) is 17.7 Å². The van der Waals surface area contributed by atoms with Crippen LogP contribution >= 0.6 is 0 Å². The summed E-state index contributed by atoms with van der Waals surface area (Å²) in [6.45, 7) is 2.01. The van der Waals surface area contributed by atoms with Crippen molar-refractivity contribution in [3.63, 3.8) is 0 Å². The Hall–Kier alpha value is -3.15. The highest BCUT2D eigenvalue weighted by molar-refractivity contribution is 5.84. The van der Waals surface area contributed by atoms with Crippen LogP contribution in [0.2, 0.25) is 0 Å². The number of rotatable bonds is 6. The average Bonchev–Trinajstić information content (AvgIpc) is 3.45. The maximum absolute atomic E-state index is 13.2. The molecule has 0 bridgehead atoms. The van der Waals surface area contributed by atoms with Crippen molar-refractivity contribution in [2.75, 3.05) is 7.11 Å². The van der Waals surface area contributed by atoms with Crippen molar-refractivity contribution in [1.82, 2.24) is 9.55 Å². The third-order valence-electron chi connectivity index (χ3n) is 5.53. The van der Waals surface area contributed by atoms with Crippen molar-refractivity contribution >= 4 is 24.2 Å². The van der Waals surface area contributed by atoms with Gasteiger partial charge in [0.15, 0.2) is 0 Å². The molecular formula is C22H22N2O4. The number of ether oxygens (including phenoxy) is 1. The van der Waals surface area contributed by atoms with Crippen LogP contribution in [0.25, 0.3) is 18.2 Å². The van der Waals surface area contributed by atoms with Gasteiger partial charge < -0.3 is 9.84 Å². The number of hydrogen-bond acceptors (Lipinski definition) is 4. The number of para-hydroxylation sites is 1. The number of carbonyl (C=O) groups is 1. The standard InChI is InChI=1S/C22H22N2O4/c1-3-6-15-16(10-9-14-7-4-5-8-17(14)28-2)23-19-11-12-22(21(26)27)13-18(22)24(19)20(15)25/h4-5,7-12,18H,3,6,13H2,1-2H3,(H,26,27)/b10-9+. The topological polar surface area (TPSA) is 81.4 Å². The maximum Gasteiger partial charge on any atom is 0.315 e. The maximum atomic E-state index is 13.2. The number of carboxylic acid groups (broad SMARTS) is 1. The summed E-state index contributed by atoms with van der Waals surface area (Å²) in [4.78, 5) is 29.5. The van der Waals surface area contributed by atoms with E-state index >= 15 is 0 Å². The third kappa shape index (κ3) is 2.76. The van der Waals surface area contributed by atoms with Gasteiger partial charge in [0.1, 0.15) is 17.0 Å². The number of aromatic nitrogens is 2. The van der Waals surface area contributed by atoms with Crippen LogP contribution in [0.5, 0.6) is 5.75 Å². The van der Waals surface area contributed by atoms with Crippen LogP contribution in [-0.2, 0) is 11.2 Å². The molecule has 2 unspecified atom stereocenters. The molecule has 1 aliphatic carbocycles. The third-order valence-corrected chi connectivity index (χ3v) is 5.53. The van der Waals surface area contributed by atoms with E-state index in [4.69, 9.17) is 4.74 Å². The zero-order chi connectivity index (χ0) is 19.9. The lowest BCUT2D eigenvalue weighted by atomic mass is 10.0. The lowest BCUT2D eigenvalue weighted by Gasteiger charge is -2.19. The molecule has 1 aromatic heterocycles. The summed E-state index contributed by atoms with van der Waals surface area (Å²) in [7, 11) is 1.62. The van der Waals surface area contributed by atoms with Crippen LogP contribution < -0.4 is 10.3 Å². The largest absolute Gasteiger partial charge is 0.496 e. The van der Waals surface area contributed by atoms with E-state index in [2.05, 4.69) is 4.98 Å². The predicted molar refractivity (Wildman–Crippen MR) is 107 cm³/mol. The first-order valence-corrected chi connectivity index (χ1v) is 9.41. The number of methoxy groups -OCH3 is 1. The van der Waals surface area contributed by atoms with Crippen LogP contribution in [0, 0.1) is 5.41 Å². The van der Waals surface area contributed by atoms with E-state index in [1.807, 2.05) is 43.3 Å². The number of hydrogen-bond donors (Lipinski definition) is 1. The van der Waals surface area contributed by atoms with E-state index in [1.54, 1.807) is 23.8 Å². The Labute approximate surface area is 162 Å². The first-order valence-electron chi connectivity index (χ1n) is 9.41. The molecule has 1 N–H and O–H groups in total. The monoisotopic (exact) mass is 378 g/mol. The molecule has 1 fully saturated rings. The van der Waals surface area contributed by atoms with E-state index in [0.29, 0.717) is 29.9 Å². The Bertz CT molecular complexity index is 1070. The first-order chi connectivity index (χ1) is 13.5. The summed E-state index contributed by atoms with van der Waals surface area (Å²) in [5.74, 6) is 0.377. The molecule has 0 saturated heterocycles. The SMILES string of the molecule is CCCc1c(/C=C/c2ccccc2OC)nc2n(c1=O)C1CC1(C(=O)O)C=C2. The van der Waals surface area contributed by atoms with Gasteiger partial charge in [-0.25, -0.2) is 4.98 Å². The number of benzene rings is 1. The minimum absolute atomic E-state index is 0.135.